The Kier molecular flexibility index (Phi) is 6.85. The molecule has 4 rings (SSSR count). The highest BCUT2D eigenvalue weighted by Crippen LogP contribution is 2.35. The van der Waals surface area contributed by atoms with Crippen molar-refractivity contribution < 1.29 is 13.6 Å². The van der Waals surface area contributed by atoms with E-state index in [9.17, 15) is 13.6 Å². The SMILES string of the molecule is CC(NC(=O)CSC(c1ccccc1)c1ccccc1)c1nc2ccccc2n1C(F)F. The predicted octanol–water partition coefficient (Wildman–Crippen LogP) is 6.13. The zero-order chi connectivity index (χ0) is 22.5. The number of hydrogen-bond acceptors (Lipinski definition) is 3. The number of aromatic nitrogens is 2. The molecule has 1 atom stereocenters. The van der Waals surface area contributed by atoms with Gasteiger partial charge < -0.3 is 5.32 Å². The molecule has 32 heavy (non-hydrogen) atoms. The van der Waals surface area contributed by atoms with Gasteiger partial charge in [0.15, 0.2) is 0 Å². The van der Waals surface area contributed by atoms with Gasteiger partial charge in [-0.3, -0.25) is 9.36 Å². The first-order valence-corrected chi connectivity index (χ1v) is 11.4. The third-order valence-electron chi connectivity index (χ3n) is 5.17. The maximum Gasteiger partial charge on any atom is 0.320 e. The number of carbonyl (C=O) groups excluding carboxylic acids is 1. The summed E-state index contributed by atoms with van der Waals surface area (Å²) in [6, 6.07) is 26.0. The number of imidazole rings is 1. The van der Waals surface area contributed by atoms with E-state index >= 15 is 0 Å². The Morgan fingerprint density at radius 1 is 0.938 bits per heavy atom. The molecular weight excluding hydrogens is 428 g/mol. The van der Waals surface area contributed by atoms with Gasteiger partial charge in [0.25, 0.3) is 0 Å². The standard InChI is InChI=1S/C25H23F2N3OS/c1-17(24-29-20-14-8-9-15-21(20)30(24)25(26)27)28-22(31)16-32-23(18-10-4-2-5-11-18)19-12-6-3-7-13-19/h2-15,17,23,25H,16H2,1H3,(H,28,31). The first-order valence-electron chi connectivity index (χ1n) is 10.3. The summed E-state index contributed by atoms with van der Waals surface area (Å²) < 4.78 is 28.3. The summed E-state index contributed by atoms with van der Waals surface area (Å²) in [6.45, 7) is -1.07. The highest BCUT2D eigenvalue weighted by molar-refractivity contribution is 8.00. The summed E-state index contributed by atoms with van der Waals surface area (Å²) in [5.74, 6) is 0.0997. The van der Waals surface area contributed by atoms with Gasteiger partial charge in [0.2, 0.25) is 5.91 Å². The van der Waals surface area contributed by atoms with Gasteiger partial charge >= 0.3 is 6.55 Å². The van der Waals surface area contributed by atoms with Crippen molar-refractivity contribution in [3.63, 3.8) is 0 Å². The lowest BCUT2D eigenvalue weighted by Crippen LogP contribution is -2.30. The Hall–Kier alpha value is -3.19. The van der Waals surface area contributed by atoms with Crippen LogP contribution in [0.4, 0.5) is 8.78 Å². The Bertz CT molecular complexity index is 1140. The van der Waals surface area contributed by atoms with Crippen LogP contribution in [0.15, 0.2) is 84.9 Å². The zero-order valence-corrected chi connectivity index (χ0v) is 18.3. The molecule has 3 aromatic carbocycles. The number of benzene rings is 3. The Morgan fingerprint density at radius 2 is 1.50 bits per heavy atom. The molecule has 1 aromatic heterocycles. The van der Waals surface area contributed by atoms with Crippen LogP contribution in [0.3, 0.4) is 0 Å². The molecule has 0 saturated carbocycles. The van der Waals surface area contributed by atoms with E-state index in [0.717, 1.165) is 15.7 Å². The molecule has 1 amide bonds. The van der Waals surface area contributed by atoms with E-state index in [1.807, 2.05) is 60.7 Å². The molecule has 164 valence electrons. The maximum atomic E-state index is 13.7. The van der Waals surface area contributed by atoms with Crippen molar-refractivity contribution in [1.29, 1.82) is 0 Å². The minimum absolute atomic E-state index is 0.0101. The van der Waals surface area contributed by atoms with E-state index in [1.165, 1.54) is 11.8 Å². The minimum atomic E-state index is -2.74. The fourth-order valence-electron chi connectivity index (χ4n) is 3.72. The molecule has 0 aliphatic carbocycles. The fourth-order valence-corrected chi connectivity index (χ4v) is 4.82. The van der Waals surface area contributed by atoms with Gasteiger partial charge in [-0.15, -0.1) is 11.8 Å². The van der Waals surface area contributed by atoms with E-state index in [0.29, 0.717) is 11.0 Å². The third-order valence-corrected chi connectivity index (χ3v) is 6.48. The Labute approximate surface area is 189 Å². The van der Waals surface area contributed by atoms with Gasteiger partial charge in [0.1, 0.15) is 5.82 Å². The molecule has 4 aromatic rings. The van der Waals surface area contributed by atoms with E-state index in [4.69, 9.17) is 0 Å². The van der Waals surface area contributed by atoms with Crippen LogP contribution in [0.25, 0.3) is 11.0 Å². The van der Waals surface area contributed by atoms with Crippen LogP contribution in [0, 0.1) is 0 Å². The molecule has 4 nitrogen and oxygen atoms in total. The van der Waals surface area contributed by atoms with Crippen LogP contribution in [0.2, 0.25) is 0 Å². The van der Waals surface area contributed by atoms with Gasteiger partial charge in [-0.05, 0) is 30.2 Å². The van der Waals surface area contributed by atoms with Crippen molar-refractivity contribution in [2.75, 3.05) is 5.75 Å². The van der Waals surface area contributed by atoms with Crippen LogP contribution in [0.1, 0.15) is 41.7 Å². The van der Waals surface area contributed by atoms with E-state index in [2.05, 4.69) is 10.3 Å². The van der Waals surface area contributed by atoms with E-state index in [1.54, 1.807) is 31.2 Å². The summed E-state index contributed by atoms with van der Waals surface area (Å²) in [6.07, 6.45) is 0. The molecule has 1 unspecified atom stereocenters. The van der Waals surface area contributed by atoms with Gasteiger partial charge in [0, 0.05) is 0 Å². The lowest BCUT2D eigenvalue weighted by atomic mass is 10.0. The number of thioether (sulfide) groups is 1. The van der Waals surface area contributed by atoms with Crippen LogP contribution in [-0.4, -0.2) is 21.2 Å². The van der Waals surface area contributed by atoms with Crippen molar-refractivity contribution in [3.05, 3.63) is 102 Å². The molecule has 0 fully saturated rings. The second-order valence-corrected chi connectivity index (χ2v) is 8.50. The quantitative estimate of drug-likeness (QED) is 0.350. The van der Waals surface area contributed by atoms with E-state index in [-0.39, 0.29) is 22.7 Å². The molecule has 0 radical (unpaired) electrons. The highest BCUT2D eigenvalue weighted by Gasteiger charge is 2.23. The zero-order valence-electron chi connectivity index (χ0n) is 17.5. The van der Waals surface area contributed by atoms with Crippen LogP contribution >= 0.6 is 11.8 Å². The predicted molar refractivity (Wildman–Crippen MR) is 125 cm³/mol. The van der Waals surface area contributed by atoms with Crippen LogP contribution < -0.4 is 5.32 Å². The number of hydrogen-bond donors (Lipinski definition) is 1. The Balaban J connectivity index is 1.48. The molecule has 7 heteroatoms. The molecule has 0 aliphatic heterocycles. The number of nitrogens with one attached hydrogen (secondary N) is 1. The largest absolute Gasteiger partial charge is 0.346 e. The molecule has 0 saturated heterocycles. The number of halogens is 2. The maximum absolute atomic E-state index is 13.7. The lowest BCUT2D eigenvalue weighted by Gasteiger charge is -2.19. The van der Waals surface area contributed by atoms with Gasteiger partial charge in [0.05, 0.1) is 28.1 Å². The summed E-state index contributed by atoms with van der Waals surface area (Å²) in [7, 11) is 0. The fraction of sp³-hybridized carbons (Fsp3) is 0.200. The van der Waals surface area contributed by atoms with Crippen molar-refractivity contribution >= 4 is 28.7 Å². The van der Waals surface area contributed by atoms with Gasteiger partial charge in [-0.1, -0.05) is 72.8 Å². The molecule has 1 N–H and O–H groups in total. The molecule has 0 spiro atoms. The summed E-state index contributed by atoms with van der Waals surface area (Å²) in [5, 5.41) is 2.82. The number of nitrogens with zero attached hydrogens (tertiary/aromatic N) is 2. The van der Waals surface area contributed by atoms with Crippen molar-refractivity contribution in [2.24, 2.45) is 0 Å². The first kappa shape index (κ1) is 22.0. The number of amides is 1. The highest BCUT2D eigenvalue weighted by atomic mass is 32.2. The number of alkyl halides is 2. The second-order valence-electron chi connectivity index (χ2n) is 7.41. The number of para-hydroxylation sites is 2. The van der Waals surface area contributed by atoms with Gasteiger partial charge in [-0.25, -0.2) is 4.98 Å². The van der Waals surface area contributed by atoms with Gasteiger partial charge in [-0.2, -0.15) is 8.78 Å². The third kappa shape index (κ3) is 4.83. The number of fused-ring (bicyclic) bond motifs is 1. The van der Waals surface area contributed by atoms with Crippen molar-refractivity contribution in [2.45, 2.75) is 24.8 Å². The average Bonchev–Trinajstić information content (AvgIpc) is 3.21. The van der Waals surface area contributed by atoms with Crippen LogP contribution in [0.5, 0.6) is 0 Å². The topological polar surface area (TPSA) is 46.9 Å². The minimum Gasteiger partial charge on any atom is -0.346 e. The van der Waals surface area contributed by atoms with Crippen molar-refractivity contribution in [1.82, 2.24) is 14.9 Å². The summed E-state index contributed by atoms with van der Waals surface area (Å²) >= 11 is 1.50. The lowest BCUT2D eigenvalue weighted by molar-refractivity contribution is -0.119. The molecular formula is C25H23F2N3OS. The second kappa shape index (κ2) is 9.96. The van der Waals surface area contributed by atoms with E-state index < -0.39 is 12.6 Å². The smallest absolute Gasteiger partial charge is 0.320 e. The molecule has 0 bridgehead atoms. The molecule has 0 aliphatic rings. The first-order chi connectivity index (χ1) is 15.5. The normalized spacial score (nSPS) is 12.4. The Morgan fingerprint density at radius 3 is 2.09 bits per heavy atom. The molecule has 1 heterocycles. The number of carbonyl (C=O) groups is 1. The summed E-state index contributed by atoms with van der Waals surface area (Å²) in [5.41, 5.74) is 3.03. The summed E-state index contributed by atoms with van der Waals surface area (Å²) in [4.78, 5) is 17.1. The van der Waals surface area contributed by atoms with Crippen LogP contribution in [-0.2, 0) is 4.79 Å². The average molecular weight is 452 g/mol. The monoisotopic (exact) mass is 451 g/mol. The van der Waals surface area contributed by atoms with Crippen molar-refractivity contribution in [3.8, 4) is 0 Å². The number of rotatable bonds is 8.